The highest BCUT2D eigenvalue weighted by Gasteiger charge is 2.34. The standard InChI is InChI=1S/C23H28N6O5S/c30-20(8-3-12-29-21(31)18-6-1-2-7-19(18)22(29)32)24-11-5-17-35(33,34)28-15-13-27(14-16-28)23-25-9-4-10-26-23/h1-2,4,6-7,9-10H,3,5,8,11-17H2,(H,24,30). The Morgan fingerprint density at radius 3 is 2.17 bits per heavy atom. The van der Waals surface area contributed by atoms with Crippen LogP contribution in [0.15, 0.2) is 42.7 Å². The van der Waals surface area contributed by atoms with Crippen LogP contribution in [0.4, 0.5) is 5.95 Å². The van der Waals surface area contributed by atoms with Crippen LogP contribution in [0.25, 0.3) is 0 Å². The Kier molecular flexibility index (Phi) is 7.71. The molecule has 0 spiro atoms. The molecule has 12 heteroatoms. The van der Waals surface area contributed by atoms with Gasteiger partial charge in [0.05, 0.1) is 16.9 Å². The zero-order chi connectivity index (χ0) is 24.8. The van der Waals surface area contributed by atoms with Crippen LogP contribution in [0.1, 0.15) is 40.0 Å². The summed E-state index contributed by atoms with van der Waals surface area (Å²) in [5.41, 5.74) is 0.774. The van der Waals surface area contributed by atoms with E-state index in [2.05, 4.69) is 15.3 Å². The number of sulfonamides is 1. The van der Waals surface area contributed by atoms with E-state index in [0.717, 1.165) is 4.90 Å². The lowest BCUT2D eigenvalue weighted by atomic mass is 10.1. The van der Waals surface area contributed by atoms with Crippen molar-refractivity contribution in [3.05, 3.63) is 53.9 Å². The first-order valence-corrected chi connectivity index (χ1v) is 13.2. The summed E-state index contributed by atoms with van der Waals surface area (Å²) in [5.74, 6) is -0.378. The van der Waals surface area contributed by atoms with Crippen molar-refractivity contribution in [3.63, 3.8) is 0 Å². The van der Waals surface area contributed by atoms with Gasteiger partial charge in [0.15, 0.2) is 0 Å². The maximum absolute atomic E-state index is 12.6. The molecule has 2 aliphatic heterocycles. The van der Waals surface area contributed by atoms with Crippen molar-refractivity contribution in [1.29, 1.82) is 0 Å². The zero-order valence-corrected chi connectivity index (χ0v) is 20.1. The molecule has 0 unspecified atom stereocenters. The summed E-state index contributed by atoms with van der Waals surface area (Å²) in [7, 11) is -3.42. The van der Waals surface area contributed by atoms with Gasteiger partial charge in [-0.25, -0.2) is 18.4 Å². The van der Waals surface area contributed by atoms with Crippen LogP contribution in [-0.2, 0) is 14.8 Å². The van der Waals surface area contributed by atoms with Crippen LogP contribution in [0.3, 0.4) is 0 Å². The number of piperazine rings is 1. The van der Waals surface area contributed by atoms with E-state index in [1.165, 1.54) is 4.31 Å². The second-order valence-electron chi connectivity index (χ2n) is 8.37. The maximum Gasteiger partial charge on any atom is 0.261 e. The lowest BCUT2D eigenvalue weighted by Crippen LogP contribution is -2.49. The highest BCUT2D eigenvalue weighted by molar-refractivity contribution is 7.89. The molecular weight excluding hydrogens is 472 g/mol. The molecule has 3 heterocycles. The van der Waals surface area contributed by atoms with Crippen molar-refractivity contribution >= 4 is 33.7 Å². The monoisotopic (exact) mass is 500 g/mol. The molecule has 1 fully saturated rings. The number of hydrogen-bond donors (Lipinski definition) is 1. The molecule has 0 aliphatic carbocycles. The molecule has 1 aromatic heterocycles. The molecule has 2 aromatic rings. The number of amides is 3. The van der Waals surface area contributed by atoms with E-state index >= 15 is 0 Å². The van der Waals surface area contributed by atoms with Crippen molar-refractivity contribution in [2.24, 2.45) is 0 Å². The number of carbonyl (C=O) groups is 3. The minimum absolute atomic E-state index is 0.0514. The molecule has 0 atom stereocenters. The Balaban J connectivity index is 1.12. The third-order valence-electron chi connectivity index (χ3n) is 6.03. The molecule has 4 rings (SSSR count). The number of hydrogen-bond acceptors (Lipinski definition) is 8. The Hall–Kier alpha value is -3.38. The molecule has 35 heavy (non-hydrogen) atoms. The normalized spacial score (nSPS) is 16.5. The summed E-state index contributed by atoms with van der Waals surface area (Å²) in [5, 5.41) is 2.72. The van der Waals surface area contributed by atoms with Gasteiger partial charge < -0.3 is 10.2 Å². The van der Waals surface area contributed by atoms with E-state index in [4.69, 9.17) is 0 Å². The summed E-state index contributed by atoms with van der Waals surface area (Å²) in [6, 6.07) is 8.39. The predicted molar refractivity (Wildman–Crippen MR) is 128 cm³/mol. The average molecular weight is 501 g/mol. The van der Waals surface area contributed by atoms with Gasteiger partial charge in [0.2, 0.25) is 21.9 Å². The molecule has 0 saturated carbocycles. The number of aromatic nitrogens is 2. The van der Waals surface area contributed by atoms with Crippen LogP contribution in [0.2, 0.25) is 0 Å². The Labute approximate surface area is 204 Å². The van der Waals surface area contributed by atoms with Crippen LogP contribution in [0.5, 0.6) is 0 Å². The minimum atomic E-state index is -3.42. The fraction of sp³-hybridized carbons (Fsp3) is 0.435. The van der Waals surface area contributed by atoms with Crippen molar-refractivity contribution in [2.75, 3.05) is 49.9 Å². The van der Waals surface area contributed by atoms with Gasteiger partial charge in [0.1, 0.15) is 0 Å². The van der Waals surface area contributed by atoms with Gasteiger partial charge in [-0.05, 0) is 31.0 Å². The molecular formula is C23H28N6O5S. The molecule has 0 bridgehead atoms. The van der Waals surface area contributed by atoms with Crippen LogP contribution in [0, 0.1) is 0 Å². The van der Waals surface area contributed by atoms with Crippen LogP contribution in [-0.4, -0.2) is 90.3 Å². The molecule has 1 aromatic carbocycles. The Bertz CT molecular complexity index is 1150. The third kappa shape index (κ3) is 5.82. The topological polar surface area (TPSA) is 133 Å². The first-order valence-electron chi connectivity index (χ1n) is 11.6. The first kappa shape index (κ1) is 24.7. The van der Waals surface area contributed by atoms with E-state index < -0.39 is 10.0 Å². The van der Waals surface area contributed by atoms with Gasteiger partial charge in [-0.15, -0.1) is 0 Å². The SMILES string of the molecule is O=C(CCCN1C(=O)c2ccccc2C1=O)NCCCS(=O)(=O)N1CCN(c2ncccn2)CC1. The van der Waals surface area contributed by atoms with Gasteiger partial charge >= 0.3 is 0 Å². The number of fused-ring (bicyclic) bond motifs is 1. The van der Waals surface area contributed by atoms with Crippen LogP contribution < -0.4 is 10.2 Å². The van der Waals surface area contributed by atoms with Gasteiger partial charge in [-0.2, -0.15) is 4.31 Å². The average Bonchev–Trinajstić information content (AvgIpc) is 3.12. The molecule has 0 radical (unpaired) electrons. The summed E-state index contributed by atoms with van der Waals surface area (Å²) in [4.78, 5) is 48.3. The summed E-state index contributed by atoms with van der Waals surface area (Å²) in [6.45, 7) is 2.17. The number of nitrogens with one attached hydrogen (secondary N) is 1. The van der Waals surface area contributed by atoms with Crippen molar-refractivity contribution in [1.82, 2.24) is 24.5 Å². The third-order valence-corrected chi connectivity index (χ3v) is 7.99. The van der Waals surface area contributed by atoms with E-state index in [9.17, 15) is 22.8 Å². The van der Waals surface area contributed by atoms with Gasteiger partial charge in [-0.3, -0.25) is 19.3 Å². The smallest absolute Gasteiger partial charge is 0.261 e. The number of nitrogens with zero attached hydrogens (tertiary/aromatic N) is 5. The van der Waals surface area contributed by atoms with E-state index in [-0.39, 0.29) is 43.0 Å². The molecule has 11 nitrogen and oxygen atoms in total. The molecule has 1 saturated heterocycles. The van der Waals surface area contributed by atoms with Gasteiger partial charge in [0.25, 0.3) is 11.8 Å². The number of rotatable bonds is 10. The minimum Gasteiger partial charge on any atom is -0.356 e. The zero-order valence-electron chi connectivity index (χ0n) is 19.3. The molecule has 186 valence electrons. The van der Waals surface area contributed by atoms with E-state index in [1.807, 2.05) is 4.90 Å². The van der Waals surface area contributed by atoms with Crippen LogP contribution >= 0.6 is 0 Å². The largest absolute Gasteiger partial charge is 0.356 e. The summed E-state index contributed by atoms with van der Waals surface area (Å²) >= 11 is 0. The second kappa shape index (κ2) is 10.9. The number of anilines is 1. The Morgan fingerprint density at radius 2 is 1.54 bits per heavy atom. The molecule has 1 N–H and O–H groups in total. The van der Waals surface area contributed by atoms with Gasteiger partial charge in [-0.1, -0.05) is 12.1 Å². The molecule has 2 aliphatic rings. The summed E-state index contributed by atoms with van der Waals surface area (Å²) < 4.78 is 26.8. The number of benzene rings is 1. The number of carbonyl (C=O) groups excluding carboxylic acids is 3. The van der Waals surface area contributed by atoms with Gasteiger partial charge in [0, 0.05) is 58.1 Å². The second-order valence-corrected chi connectivity index (χ2v) is 10.5. The van der Waals surface area contributed by atoms with Crippen molar-refractivity contribution in [2.45, 2.75) is 19.3 Å². The predicted octanol–water partition coefficient (Wildman–Crippen LogP) is 0.511. The van der Waals surface area contributed by atoms with Crippen molar-refractivity contribution in [3.8, 4) is 0 Å². The lowest BCUT2D eigenvalue weighted by molar-refractivity contribution is -0.121. The van der Waals surface area contributed by atoms with E-state index in [0.29, 0.717) is 56.1 Å². The fourth-order valence-electron chi connectivity index (χ4n) is 4.16. The lowest BCUT2D eigenvalue weighted by Gasteiger charge is -2.33. The number of imide groups is 1. The highest BCUT2D eigenvalue weighted by Crippen LogP contribution is 2.22. The highest BCUT2D eigenvalue weighted by atomic mass is 32.2. The quantitative estimate of drug-likeness (QED) is 0.369. The fourth-order valence-corrected chi connectivity index (χ4v) is 5.65. The maximum atomic E-state index is 12.6. The Morgan fingerprint density at radius 1 is 0.914 bits per heavy atom. The first-order chi connectivity index (χ1) is 16.9. The molecule has 3 amide bonds. The summed E-state index contributed by atoms with van der Waals surface area (Å²) in [6.07, 6.45) is 4.09. The van der Waals surface area contributed by atoms with E-state index in [1.54, 1.807) is 42.7 Å². The van der Waals surface area contributed by atoms with Crippen molar-refractivity contribution < 1.29 is 22.8 Å².